The van der Waals surface area contributed by atoms with Gasteiger partial charge in [-0.15, -0.1) is 0 Å². The fourth-order valence-electron chi connectivity index (χ4n) is 3.81. The molecule has 0 spiro atoms. The second-order valence-corrected chi connectivity index (χ2v) is 8.33. The normalized spacial score (nSPS) is 15.9. The minimum Gasteiger partial charge on any atom is -0.383 e. The first-order chi connectivity index (χ1) is 15.9. The summed E-state index contributed by atoms with van der Waals surface area (Å²) in [7, 11) is 0. The van der Waals surface area contributed by atoms with Crippen molar-refractivity contribution in [2.24, 2.45) is 10.9 Å². The van der Waals surface area contributed by atoms with Crippen LogP contribution in [0.15, 0.2) is 59.9 Å². The summed E-state index contributed by atoms with van der Waals surface area (Å²) >= 11 is 6.44. The highest BCUT2D eigenvalue weighted by molar-refractivity contribution is 6.33. The molecular formula is C24H25ClF2N6. The van der Waals surface area contributed by atoms with Crippen LogP contribution in [0.1, 0.15) is 17.7 Å². The number of nitrogens with one attached hydrogen (secondary N) is 2. The third-order valence-corrected chi connectivity index (χ3v) is 5.94. The minimum atomic E-state index is -0.897. The molecule has 0 bridgehead atoms. The molecule has 0 aliphatic carbocycles. The molecule has 1 aromatic heterocycles. The molecule has 33 heavy (non-hydrogen) atoms. The molecule has 1 aliphatic heterocycles. The number of imidazole rings is 1. The summed E-state index contributed by atoms with van der Waals surface area (Å²) in [5.74, 6) is 0.0652. The second kappa shape index (κ2) is 10.1. The maximum Gasteiger partial charge on any atom is 0.163 e. The Morgan fingerprint density at radius 3 is 2.88 bits per heavy atom. The van der Waals surface area contributed by atoms with Crippen molar-refractivity contribution in [3.05, 3.63) is 82.8 Å². The fourth-order valence-corrected chi connectivity index (χ4v) is 4.03. The molecule has 4 rings (SSSR count). The van der Waals surface area contributed by atoms with E-state index < -0.39 is 11.6 Å². The molecule has 1 fully saturated rings. The van der Waals surface area contributed by atoms with Gasteiger partial charge in [-0.2, -0.15) is 0 Å². The van der Waals surface area contributed by atoms with Crippen LogP contribution >= 0.6 is 11.6 Å². The Bertz CT molecular complexity index is 1180. The van der Waals surface area contributed by atoms with Gasteiger partial charge in [-0.3, -0.25) is 0 Å². The largest absolute Gasteiger partial charge is 0.383 e. The first-order valence-corrected chi connectivity index (χ1v) is 11.0. The number of anilines is 1. The van der Waals surface area contributed by atoms with Gasteiger partial charge in [0.2, 0.25) is 0 Å². The molecule has 1 unspecified atom stereocenters. The molecule has 3 aromatic rings. The fraction of sp³-hybridized carbons (Fsp3) is 0.250. The second-order valence-electron chi connectivity index (χ2n) is 7.93. The number of nitrogen functional groups attached to an aromatic ring is 1. The predicted octanol–water partition coefficient (Wildman–Crippen LogP) is 4.35. The molecule has 1 saturated heterocycles. The highest BCUT2D eigenvalue weighted by Crippen LogP contribution is 2.31. The van der Waals surface area contributed by atoms with E-state index in [2.05, 4.69) is 22.2 Å². The van der Waals surface area contributed by atoms with Crippen molar-refractivity contribution >= 4 is 23.6 Å². The van der Waals surface area contributed by atoms with E-state index in [-0.39, 0.29) is 17.9 Å². The van der Waals surface area contributed by atoms with Crippen LogP contribution in [0.25, 0.3) is 11.4 Å². The Morgan fingerprint density at radius 1 is 1.30 bits per heavy atom. The monoisotopic (exact) mass is 470 g/mol. The van der Waals surface area contributed by atoms with Crippen molar-refractivity contribution in [1.29, 1.82) is 0 Å². The van der Waals surface area contributed by atoms with Crippen molar-refractivity contribution in [2.45, 2.75) is 19.5 Å². The zero-order valence-corrected chi connectivity index (χ0v) is 18.7. The van der Waals surface area contributed by atoms with Gasteiger partial charge >= 0.3 is 0 Å². The van der Waals surface area contributed by atoms with Crippen molar-refractivity contribution in [3.8, 4) is 11.4 Å². The van der Waals surface area contributed by atoms with E-state index in [0.29, 0.717) is 34.8 Å². The first-order valence-electron chi connectivity index (χ1n) is 10.7. The number of nitrogens with two attached hydrogens (primary N) is 1. The van der Waals surface area contributed by atoms with Gasteiger partial charge in [0.25, 0.3) is 0 Å². The summed E-state index contributed by atoms with van der Waals surface area (Å²) in [4.78, 5) is 8.98. The van der Waals surface area contributed by atoms with Gasteiger partial charge in [0.05, 0.1) is 11.2 Å². The van der Waals surface area contributed by atoms with Gasteiger partial charge in [0, 0.05) is 24.2 Å². The third kappa shape index (κ3) is 5.23. The molecule has 0 saturated carbocycles. The third-order valence-electron chi connectivity index (χ3n) is 5.61. The molecular weight excluding hydrogens is 446 g/mol. The van der Waals surface area contributed by atoms with E-state index in [0.717, 1.165) is 31.1 Å². The van der Waals surface area contributed by atoms with E-state index in [1.807, 2.05) is 28.8 Å². The minimum absolute atomic E-state index is 0.0449. The van der Waals surface area contributed by atoms with Gasteiger partial charge in [0.1, 0.15) is 23.2 Å². The van der Waals surface area contributed by atoms with Gasteiger partial charge in [-0.05, 0) is 43.6 Å². The van der Waals surface area contributed by atoms with E-state index in [1.165, 1.54) is 18.3 Å². The highest BCUT2D eigenvalue weighted by atomic mass is 35.5. The average Bonchev–Trinajstić information content (AvgIpc) is 3.43. The van der Waals surface area contributed by atoms with Crippen LogP contribution in [0.4, 0.5) is 14.6 Å². The number of nitrogens with zero attached hydrogens (tertiary/aromatic N) is 3. The lowest BCUT2D eigenvalue weighted by Gasteiger charge is -2.14. The van der Waals surface area contributed by atoms with Gasteiger partial charge in [-0.25, -0.2) is 18.8 Å². The lowest BCUT2D eigenvalue weighted by Crippen LogP contribution is -2.16. The van der Waals surface area contributed by atoms with Crippen LogP contribution in [-0.2, 0) is 13.1 Å². The molecule has 0 radical (unpaired) electrons. The van der Waals surface area contributed by atoms with E-state index >= 15 is 0 Å². The lowest BCUT2D eigenvalue weighted by molar-refractivity contribution is 0.488. The topological polar surface area (TPSA) is 80.3 Å². The molecule has 4 N–H and O–H groups in total. The van der Waals surface area contributed by atoms with Gasteiger partial charge in [0.15, 0.2) is 11.6 Å². The highest BCUT2D eigenvalue weighted by Gasteiger charge is 2.22. The summed E-state index contributed by atoms with van der Waals surface area (Å²) in [5.41, 5.74) is 7.91. The van der Waals surface area contributed by atoms with Gasteiger partial charge in [-0.1, -0.05) is 42.4 Å². The Morgan fingerprint density at radius 2 is 2.12 bits per heavy atom. The SMILES string of the molecule is C=C(/N=C\c1nc(-c2ccccc2Cl)n(CC2CCNC2)c1N)NCc1cccc(F)c1F. The van der Waals surface area contributed by atoms with Crippen molar-refractivity contribution in [3.63, 3.8) is 0 Å². The maximum atomic E-state index is 13.8. The molecule has 2 heterocycles. The molecule has 1 atom stereocenters. The van der Waals surface area contributed by atoms with Crippen LogP contribution in [0, 0.1) is 17.6 Å². The molecule has 0 amide bonds. The van der Waals surface area contributed by atoms with Crippen LogP contribution in [0.2, 0.25) is 5.02 Å². The maximum absolute atomic E-state index is 13.8. The number of hydrogen-bond acceptors (Lipinski definition) is 5. The van der Waals surface area contributed by atoms with Crippen LogP contribution in [-0.4, -0.2) is 28.9 Å². The van der Waals surface area contributed by atoms with Crippen LogP contribution < -0.4 is 16.4 Å². The average molecular weight is 471 g/mol. The summed E-state index contributed by atoms with van der Waals surface area (Å²) in [5, 5.41) is 6.82. The van der Waals surface area contributed by atoms with E-state index in [4.69, 9.17) is 22.3 Å². The Hall–Kier alpha value is -3.23. The number of aromatic nitrogens is 2. The van der Waals surface area contributed by atoms with E-state index in [9.17, 15) is 8.78 Å². The number of hydrogen-bond donors (Lipinski definition) is 3. The zero-order chi connectivity index (χ0) is 23.4. The first kappa shape index (κ1) is 22.9. The summed E-state index contributed by atoms with van der Waals surface area (Å²) < 4.78 is 29.2. The number of rotatable bonds is 8. The quantitative estimate of drug-likeness (QED) is 0.427. The number of halogens is 3. The van der Waals surface area contributed by atoms with Crippen molar-refractivity contribution < 1.29 is 8.78 Å². The zero-order valence-electron chi connectivity index (χ0n) is 18.0. The number of benzene rings is 2. The van der Waals surface area contributed by atoms with Crippen molar-refractivity contribution in [2.75, 3.05) is 18.8 Å². The lowest BCUT2D eigenvalue weighted by atomic mass is 10.1. The Labute approximate surface area is 196 Å². The van der Waals surface area contributed by atoms with Crippen LogP contribution in [0.3, 0.4) is 0 Å². The molecule has 9 heteroatoms. The Kier molecular flexibility index (Phi) is 7.05. The smallest absolute Gasteiger partial charge is 0.163 e. The summed E-state index contributed by atoms with van der Waals surface area (Å²) in [6.45, 7) is 6.47. The van der Waals surface area contributed by atoms with Crippen molar-refractivity contribution in [1.82, 2.24) is 20.2 Å². The molecule has 6 nitrogen and oxygen atoms in total. The standard InChI is InChI=1S/C24H25ClF2N6/c1-15(30-12-17-5-4-8-20(26)22(17)27)31-13-21-23(28)33(14-16-9-10-29-11-16)24(32-21)18-6-2-3-7-19(18)25/h2-8,13,16,29-30H,1,9-12,14,28H2/b31-13-. The molecule has 172 valence electrons. The molecule has 2 aromatic carbocycles. The predicted molar refractivity (Wildman–Crippen MR) is 128 cm³/mol. The summed E-state index contributed by atoms with van der Waals surface area (Å²) in [6, 6.07) is 11.5. The molecule has 1 aliphatic rings. The summed E-state index contributed by atoms with van der Waals surface area (Å²) in [6.07, 6.45) is 2.57. The number of aliphatic imine (C=N–C) groups is 1. The van der Waals surface area contributed by atoms with E-state index in [1.54, 1.807) is 0 Å². The van der Waals surface area contributed by atoms with Crippen LogP contribution in [0.5, 0.6) is 0 Å². The Balaban J connectivity index is 1.55. The van der Waals surface area contributed by atoms with Gasteiger partial charge < -0.3 is 20.9 Å².